The quantitative estimate of drug-likeness (QED) is 0.756. The van der Waals surface area contributed by atoms with Crippen LogP contribution in [0.4, 0.5) is 5.69 Å². The number of nitrogens with zero attached hydrogens (tertiary/aromatic N) is 2. The van der Waals surface area contributed by atoms with E-state index in [1.807, 2.05) is 24.3 Å². The fraction of sp³-hybridized carbons (Fsp3) is 0.357. The van der Waals surface area contributed by atoms with Crippen LogP contribution in [0.2, 0.25) is 0 Å². The summed E-state index contributed by atoms with van der Waals surface area (Å²) in [5, 5.41) is 8.83. The van der Waals surface area contributed by atoms with Crippen LogP contribution >= 0.6 is 0 Å². The van der Waals surface area contributed by atoms with Crippen molar-refractivity contribution in [2.45, 2.75) is 6.42 Å². The third-order valence-electron chi connectivity index (χ3n) is 3.24. The summed E-state index contributed by atoms with van der Waals surface area (Å²) < 4.78 is 11.1. The Bertz CT molecular complexity index is 531. The van der Waals surface area contributed by atoms with E-state index < -0.39 is 0 Å². The van der Waals surface area contributed by atoms with Gasteiger partial charge in [-0.05, 0) is 18.6 Å². The van der Waals surface area contributed by atoms with Crippen LogP contribution in [0.15, 0.2) is 29.8 Å². The third kappa shape index (κ3) is 2.00. The Morgan fingerprint density at radius 3 is 2.72 bits per heavy atom. The van der Waals surface area contributed by atoms with Gasteiger partial charge < -0.3 is 14.4 Å². The third-order valence-corrected chi connectivity index (χ3v) is 3.24. The molecule has 0 saturated heterocycles. The molecule has 0 saturated carbocycles. The predicted molar refractivity (Wildman–Crippen MR) is 68.0 cm³/mol. The Labute approximate surface area is 106 Å². The van der Waals surface area contributed by atoms with Gasteiger partial charge in [-0.2, -0.15) is 5.26 Å². The summed E-state index contributed by atoms with van der Waals surface area (Å²) >= 11 is 0. The molecule has 0 spiro atoms. The molecule has 2 aliphatic heterocycles. The van der Waals surface area contributed by atoms with Crippen LogP contribution in [0.1, 0.15) is 6.42 Å². The molecule has 4 heteroatoms. The highest BCUT2D eigenvalue weighted by Gasteiger charge is 2.16. The maximum atomic E-state index is 8.83. The van der Waals surface area contributed by atoms with Crippen molar-refractivity contribution in [3.63, 3.8) is 0 Å². The first kappa shape index (κ1) is 11.0. The van der Waals surface area contributed by atoms with Gasteiger partial charge >= 0.3 is 0 Å². The first-order valence-corrected chi connectivity index (χ1v) is 6.10. The molecule has 0 aliphatic carbocycles. The zero-order valence-corrected chi connectivity index (χ0v) is 10.1. The van der Waals surface area contributed by atoms with Crippen LogP contribution in [0.3, 0.4) is 0 Å². The standard InChI is InChI=1S/C14H14N2O2/c15-10-11-3-5-16(6-4-11)12-1-2-13-14(9-12)18-8-7-17-13/h1-3,9H,4-8H2. The SMILES string of the molecule is N#CC1=CCN(c2ccc3c(c2)OCCO3)CC1. The number of ether oxygens (including phenoxy) is 2. The molecule has 0 atom stereocenters. The first-order chi connectivity index (χ1) is 8.86. The lowest BCUT2D eigenvalue weighted by molar-refractivity contribution is 0.171. The number of rotatable bonds is 1. The van der Waals surface area contributed by atoms with Gasteiger partial charge in [0, 0.05) is 30.4 Å². The minimum absolute atomic E-state index is 0.606. The fourth-order valence-corrected chi connectivity index (χ4v) is 2.23. The van der Waals surface area contributed by atoms with Gasteiger partial charge in [-0.1, -0.05) is 6.08 Å². The Kier molecular flexibility index (Phi) is 2.81. The highest BCUT2D eigenvalue weighted by Crippen LogP contribution is 2.34. The normalized spacial score (nSPS) is 17.9. The fourth-order valence-electron chi connectivity index (χ4n) is 2.23. The van der Waals surface area contributed by atoms with E-state index in [2.05, 4.69) is 11.0 Å². The van der Waals surface area contributed by atoms with E-state index in [4.69, 9.17) is 14.7 Å². The molecule has 0 aromatic heterocycles. The second kappa shape index (κ2) is 4.61. The molecular weight excluding hydrogens is 228 g/mol. The van der Waals surface area contributed by atoms with Crippen LogP contribution in [-0.2, 0) is 0 Å². The van der Waals surface area contributed by atoms with Gasteiger partial charge in [0.2, 0.25) is 0 Å². The minimum Gasteiger partial charge on any atom is -0.486 e. The molecule has 0 unspecified atom stereocenters. The second-order valence-corrected chi connectivity index (χ2v) is 4.37. The summed E-state index contributed by atoms with van der Waals surface area (Å²) in [7, 11) is 0. The number of hydrogen-bond acceptors (Lipinski definition) is 4. The Morgan fingerprint density at radius 2 is 2.00 bits per heavy atom. The zero-order valence-electron chi connectivity index (χ0n) is 10.1. The smallest absolute Gasteiger partial charge is 0.163 e. The van der Waals surface area contributed by atoms with Crippen molar-refractivity contribution in [1.29, 1.82) is 5.26 Å². The van der Waals surface area contributed by atoms with E-state index in [0.717, 1.165) is 42.3 Å². The molecule has 3 rings (SSSR count). The van der Waals surface area contributed by atoms with Crippen molar-refractivity contribution >= 4 is 5.69 Å². The Morgan fingerprint density at radius 1 is 1.17 bits per heavy atom. The molecule has 0 amide bonds. The van der Waals surface area contributed by atoms with Crippen molar-refractivity contribution in [3.8, 4) is 17.6 Å². The van der Waals surface area contributed by atoms with E-state index in [1.54, 1.807) is 0 Å². The summed E-state index contributed by atoms with van der Waals surface area (Å²) in [6.45, 7) is 2.88. The van der Waals surface area contributed by atoms with Crippen molar-refractivity contribution < 1.29 is 9.47 Å². The van der Waals surface area contributed by atoms with Gasteiger partial charge in [-0.15, -0.1) is 0 Å². The molecule has 0 radical (unpaired) electrons. The van der Waals surface area contributed by atoms with Gasteiger partial charge in [0.25, 0.3) is 0 Å². The minimum atomic E-state index is 0.606. The summed E-state index contributed by atoms with van der Waals surface area (Å²) in [5.41, 5.74) is 2.00. The van der Waals surface area contributed by atoms with Crippen LogP contribution in [0.25, 0.3) is 0 Å². The molecule has 1 aromatic carbocycles. The lowest BCUT2D eigenvalue weighted by Gasteiger charge is -2.28. The maximum Gasteiger partial charge on any atom is 0.163 e. The number of nitriles is 1. The van der Waals surface area contributed by atoms with E-state index in [9.17, 15) is 0 Å². The molecule has 1 aromatic rings. The Hall–Kier alpha value is -2.15. The van der Waals surface area contributed by atoms with Gasteiger partial charge in [0.05, 0.1) is 6.07 Å². The predicted octanol–water partition coefficient (Wildman–Crippen LogP) is 2.12. The van der Waals surface area contributed by atoms with Crippen molar-refractivity contribution in [3.05, 3.63) is 29.8 Å². The monoisotopic (exact) mass is 242 g/mol. The summed E-state index contributed by atoms with van der Waals surface area (Å²) in [6, 6.07) is 8.22. The molecule has 92 valence electrons. The highest BCUT2D eigenvalue weighted by molar-refractivity contribution is 5.58. The highest BCUT2D eigenvalue weighted by atomic mass is 16.6. The average molecular weight is 242 g/mol. The lowest BCUT2D eigenvalue weighted by Crippen LogP contribution is -2.28. The van der Waals surface area contributed by atoms with Gasteiger partial charge in [-0.3, -0.25) is 0 Å². The number of anilines is 1. The molecule has 0 fully saturated rings. The van der Waals surface area contributed by atoms with E-state index in [-0.39, 0.29) is 0 Å². The topological polar surface area (TPSA) is 45.5 Å². The molecule has 18 heavy (non-hydrogen) atoms. The van der Waals surface area contributed by atoms with E-state index in [1.165, 1.54) is 0 Å². The number of hydrogen-bond donors (Lipinski definition) is 0. The van der Waals surface area contributed by atoms with Crippen LogP contribution < -0.4 is 14.4 Å². The van der Waals surface area contributed by atoms with Crippen molar-refractivity contribution in [2.24, 2.45) is 0 Å². The molecule has 2 aliphatic rings. The van der Waals surface area contributed by atoms with Crippen LogP contribution in [0, 0.1) is 11.3 Å². The largest absolute Gasteiger partial charge is 0.486 e. The maximum absolute atomic E-state index is 8.83. The first-order valence-electron chi connectivity index (χ1n) is 6.10. The molecule has 0 N–H and O–H groups in total. The van der Waals surface area contributed by atoms with Crippen molar-refractivity contribution in [2.75, 3.05) is 31.2 Å². The number of fused-ring (bicyclic) bond motifs is 1. The zero-order chi connectivity index (χ0) is 12.4. The second-order valence-electron chi connectivity index (χ2n) is 4.37. The number of benzene rings is 1. The van der Waals surface area contributed by atoms with Crippen molar-refractivity contribution in [1.82, 2.24) is 0 Å². The van der Waals surface area contributed by atoms with Crippen LogP contribution in [-0.4, -0.2) is 26.3 Å². The summed E-state index contributed by atoms with van der Waals surface area (Å²) in [5.74, 6) is 1.63. The lowest BCUT2D eigenvalue weighted by atomic mass is 10.1. The molecule has 2 heterocycles. The summed E-state index contributed by atoms with van der Waals surface area (Å²) in [6.07, 6.45) is 2.80. The molecular formula is C14H14N2O2. The molecule has 0 bridgehead atoms. The summed E-state index contributed by atoms with van der Waals surface area (Å²) in [4.78, 5) is 2.24. The van der Waals surface area contributed by atoms with Gasteiger partial charge in [0.15, 0.2) is 11.5 Å². The average Bonchev–Trinajstić information content (AvgIpc) is 2.47. The van der Waals surface area contributed by atoms with Gasteiger partial charge in [0.1, 0.15) is 13.2 Å². The van der Waals surface area contributed by atoms with E-state index in [0.29, 0.717) is 13.2 Å². The van der Waals surface area contributed by atoms with Gasteiger partial charge in [-0.25, -0.2) is 0 Å². The van der Waals surface area contributed by atoms with E-state index >= 15 is 0 Å². The van der Waals surface area contributed by atoms with Crippen LogP contribution in [0.5, 0.6) is 11.5 Å². The Balaban J connectivity index is 1.81. The molecule has 4 nitrogen and oxygen atoms in total.